The molecule has 0 aliphatic carbocycles. The molecular formula is C20H34N4O3. The average molecular weight is 379 g/mol. The summed E-state index contributed by atoms with van der Waals surface area (Å²) in [6.07, 6.45) is 2.47. The first-order valence-corrected chi connectivity index (χ1v) is 9.60. The van der Waals surface area contributed by atoms with Crippen molar-refractivity contribution >= 4 is 5.96 Å². The zero-order chi connectivity index (χ0) is 19.6. The van der Waals surface area contributed by atoms with Gasteiger partial charge in [0, 0.05) is 26.7 Å². The van der Waals surface area contributed by atoms with Crippen LogP contribution in [-0.2, 0) is 6.54 Å². The van der Waals surface area contributed by atoms with Crippen LogP contribution < -0.4 is 24.8 Å². The molecule has 1 aliphatic rings. The summed E-state index contributed by atoms with van der Waals surface area (Å²) < 4.78 is 16.2. The predicted molar refractivity (Wildman–Crippen MR) is 109 cm³/mol. The maximum absolute atomic E-state index is 5.41. The number of hydrogen-bond donors (Lipinski definition) is 2. The fourth-order valence-electron chi connectivity index (χ4n) is 3.48. The number of likely N-dealkylation sites (tertiary alicyclic amines) is 1. The lowest BCUT2D eigenvalue weighted by molar-refractivity contribution is 0.323. The van der Waals surface area contributed by atoms with Gasteiger partial charge >= 0.3 is 0 Å². The van der Waals surface area contributed by atoms with Gasteiger partial charge in [0.1, 0.15) is 0 Å². The largest absolute Gasteiger partial charge is 0.493 e. The molecule has 1 aliphatic heterocycles. The van der Waals surface area contributed by atoms with Crippen LogP contribution in [0.25, 0.3) is 0 Å². The fourth-order valence-corrected chi connectivity index (χ4v) is 3.48. The number of aliphatic imine (C=N–C) groups is 1. The van der Waals surface area contributed by atoms with Gasteiger partial charge in [-0.05, 0) is 49.5 Å². The van der Waals surface area contributed by atoms with Crippen molar-refractivity contribution in [2.24, 2.45) is 10.9 Å². The normalized spacial score (nSPS) is 17.7. The van der Waals surface area contributed by atoms with E-state index < -0.39 is 0 Å². The number of benzene rings is 1. The molecule has 1 saturated heterocycles. The second kappa shape index (κ2) is 10.9. The van der Waals surface area contributed by atoms with E-state index in [9.17, 15) is 0 Å². The Balaban J connectivity index is 1.89. The quantitative estimate of drug-likeness (QED) is 0.507. The summed E-state index contributed by atoms with van der Waals surface area (Å²) in [5, 5.41) is 6.81. The van der Waals surface area contributed by atoms with Crippen molar-refractivity contribution in [1.82, 2.24) is 15.5 Å². The van der Waals surface area contributed by atoms with E-state index in [1.54, 1.807) is 28.4 Å². The van der Waals surface area contributed by atoms with Crippen LogP contribution in [0.1, 0.15) is 25.3 Å². The Hall–Kier alpha value is -2.15. The van der Waals surface area contributed by atoms with Crippen molar-refractivity contribution in [3.8, 4) is 17.2 Å². The van der Waals surface area contributed by atoms with E-state index >= 15 is 0 Å². The highest BCUT2D eigenvalue weighted by molar-refractivity contribution is 5.79. The summed E-state index contributed by atoms with van der Waals surface area (Å²) in [5.41, 5.74) is 1.03. The van der Waals surface area contributed by atoms with E-state index in [0.29, 0.717) is 29.7 Å². The van der Waals surface area contributed by atoms with Crippen LogP contribution in [0.15, 0.2) is 17.1 Å². The van der Waals surface area contributed by atoms with E-state index in [0.717, 1.165) is 18.1 Å². The van der Waals surface area contributed by atoms with Gasteiger partial charge in [-0.25, -0.2) is 0 Å². The van der Waals surface area contributed by atoms with Gasteiger partial charge < -0.3 is 29.7 Å². The van der Waals surface area contributed by atoms with Crippen LogP contribution in [0.2, 0.25) is 0 Å². The molecule has 7 heteroatoms. The molecule has 0 radical (unpaired) electrons. The molecule has 0 bridgehead atoms. The van der Waals surface area contributed by atoms with Gasteiger partial charge in [0.2, 0.25) is 5.75 Å². The number of guanidine groups is 1. The molecule has 7 nitrogen and oxygen atoms in total. The lowest BCUT2D eigenvalue weighted by Crippen LogP contribution is -2.40. The smallest absolute Gasteiger partial charge is 0.203 e. The molecule has 0 amide bonds. The maximum Gasteiger partial charge on any atom is 0.203 e. The molecule has 0 spiro atoms. The van der Waals surface area contributed by atoms with Crippen LogP contribution in [0, 0.1) is 5.92 Å². The lowest BCUT2D eigenvalue weighted by Gasteiger charge is -2.18. The molecule has 1 atom stereocenters. The van der Waals surface area contributed by atoms with Crippen LogP contribution in [0.3, 0.4) is 0 Å². The Bertz CT molecular complexity index is 596. The second-order valence-corrected chi connectivity index (χ2v) is 6.80. The van der Waals surface area contributed by atoms with Crippen LogP contribution in [0.4, 0.5) is 0 Å². The Morgan fingerprint density at radius 2 is 1.85 bits per heavy atom. The molecule has 1 aromatic rings. The first-order chi connectivity index (χ1) is 13.1. The van der Waals surface area contributed by atoms with Crippen LogP contribution in [-0.4, -0.2) is 65.4 Å². The van der Waals surface area contributed by atoms with Crippen molar-refractivity contribution in [3.05, 3.63) is 17.7 Å². The predicted octanol–water partition coefficient (Wildman–Crippen LogP) is 2.11. The number of methoxy groups -OCH3 is 3. The third kappa shape index (κ3) is 5.92. The highest BCUT2D eigenvalue weighted by atomic mass is 16.5. The first kappa shape index (κ1) is 21.2. The zero-order valence-electron chi connectivity index (χ0n) is 17.3. The summed E-state index contributed by atoms with van der Waals surface area (Å²) in [4.78, 5) is 6.87. The average Bonchev–Trinajstić information content (AvgIpc) is 3.14. The summed E-state index contributed by atoms with van der Waals surface area (Å²) in [6.45, 7) is 7.37. The number of nitrogens with one attached hydrogen (secondary N) is 2. The van der Waals surface area contributed by atoms with Crippen molar-refractivity contribution in [2.45, 2.75) is 26.3 Å². The van der Waals surface area contributed by atoms with Gasteiger partial charge in [-0.2, -0.15) is 0 Å². The molecule has 1 heterocycles. The van der Waals surface area contributed by atoms with Gasteiger partial charge in [0.15, 0.2) is 17.5 Å². The second-order valence-electron chi connectivity index (χ2n) is 6.80. The van der Waals surface area contributed by atoms with E-state index in [2.05, 4.69) is 27.4 Å². The van der Waals surface area contributed by atoms with Gasteiger partial charge in [0.25, 0.3) is 0 Å². The summed E-state index contributed by atoms with van der Waals surface area (Å²) in [7, 11) is 6.65. The van der Waals surface area contributed by atoms with E-state index in [-0.39, 0.29) is 0 Å². The van der Waals surface area contributed by atoms with E-state index in [4.69, 9.17) is 14.2 Å². The van der Waals surface area contributed by atoms with Crippen molar-refractivity contribution in [3.63, 3.8) is 0 Å². The minimum Gasteiger partial charge on any atom is -0.493 e. The maximum atomic E-state index is 5.41. The Morgan fingerprint density at radius 1 is 1.15 bits per heavy atom. The molecule has 152 valence electrons. The first-order valence-electron chi connectivity index (χ1n) is 9.60. The lowest BCUT2D eigenvalue weighted by atomic mass is 10.1. The van der Waals surface area contributed by atoms with E-state index in [1.807, 2.05) is 12.1 Å². The monoisotopic (exact) mass is 378 g/mol. The van der Waals surface area contributed by atoms with Crippen LogP contribution >= 0.6 is 0 Å². The number of rotatable bonds is 9. The highest BCUT2D eigenvalue weighted by Crippen LogP contribution is 2.38. The SMILES string of the molecule is CCCN1CCC(CNC(=NC)NCc2cc(OC)c(OC)c(OC)c2)C1. The fraction of sp³-hybridized carbons (Fsp3) is 0.650. The van der Waals surface area contributed by atoms with Crippen molar-refractivity contribution in [2.75, 3.05) is 54.6 Å². The standard InChI is InChI=1S/C20H34N4O3/c1-6-8-24-9-7-15(14-24)12-22-20(21-2)23-13-16-10-17(25-3)19(27-5)18(11-16)26-4/h10-11,15H,6-9,12-14H2,1-5H3,(H2,21,22,23). The summed E-state index contributed by atoms with van der Waals surface area (Å²) in [5.74, 6) is 3.38. The van der Waals surface area contributed by atoms with Gasteiger partial charge in [-0.1, -0.05) is 6.92 Å². The third-order valence-electron chi connectivity index (χ3n) is 4.88. The molecule has 2 rings (SSSR count). The number of nitrogens with zero attached hydrogens (tertiary/aromatic N) is 2. The van der Waals surface area contributed by atoms with E-state index in [1.165, 1.54) is 32.5 Å². The molecule has 1 aromatic carbocycles. The Labute approximate surface area is 163 Å². The van der Waals surface area contributed by atoms with Gasteiger partial charge in [0.05, 0.1) is 21.3 Å². The Morgan fingerprint density at radius 3 is 2.41 bits per heavy atom. The number of ether oxygens (including phenoxy) is 3. The van der Waals surface area contributed by atoms with Crippen LogP contribution in [0.5, 0.6) is 17.2 Å². The Kier molecular flexibility index (Phi) is 8.51. The topological polar surface area (TPSA) is 67.4 Å². The van der Waals surface area contributed by atoms with Crippen molar-refractivity contribution < 1.29 is 14.2 Å². The molecule has 1 fully saturated rings. The van der Waals surface area contributed by atoms with Crippen molar-refractivity contribution in [1.29, 1.82) is 0 Å². The molecule has 0 aromatic heterocycles. The molecule has 27 heavy (non-hydrogen) atoms. The molecule has 0 saturated carbocycles. The molecule has 1 unspecified atom stereocenters. The summed E-state index contributed by atoms with van der Waals surface area (Å²) >= 11 is 0. The number of hydrogen-bond acceptors (Lipinski definition) is 5. The van der Waals surface area contributed by atoms with Gasteiger partial charge in [-0.15, -0.1) is 0 Å². The highest BCUT2D eigenvalue weighted by Gasteiger charge is 2.21. The van der Waals surface area contributed by atoms with Gasteiger partial charge in [-0.3, -0.25) is 4.99 Å². The minimum atomic E-state index is 0.601. The summed E-state index contributed by atoms with van der Waals surface area (Å²) in [6, 6.07) is 3.89. The zero-order valence-corrected chi connectivity index (χ0v) is 17.3. The third-order valence-corrected chi connectivity index (χ3v) is 4.88. The molecule has 2 N–H and O–H groups in total. The minimum absolute atomic E-state index is 0.601. The molecular weight excluding hydrogens is 344 g/mol.